The normalized spacial score (nSPS) is 11.9. The number of furan rings is 1. The van der Waals surface area contributed by atoms with E-state index in [0.717, 1.165) is 0 Å². The third-order valence-electron chi connectivity index (χ3n) is 1.83. The first-order valence-corrected chi connectivity index (χ1v) is 6.60. The Labute approximate surface area is 100 Å². The molecule has 0 atom stereocenters. The van der Waals surface area contributed by atoms with E-state index in [9.17, 15) is 13.2 Å². The molecule has 0 amide bonds. The van der Waals surface area contributed by atoms with Crippen molar-refractivity contribution in [2.45, 2.75) is 25.0 Å². The van der Waals surface area contributed by atoms with Crippen LogP contribution < -0.4 is 4.72 Å². The summed E-state index contributed by atoms with van der Waals surface area (Å²) < 4.78 is 35.6. The molecule has 0 saturated carbocycles. The summed E-state index contributed by atoms with van der Waals surface area (Å²) >= 11 is 0. The van der Waals surface area contributed by atoms with E-state index in [-0.39, 0.29) is 30.1 Å². The average molecular weight is 261 g/mol. The number of hydrogen-bond donors (Lipinski definition) is 1. The lowest BCUT2D eigenvalue weighted by Gasteiger charge is -2.07. The van der Waals surface area contributed by atoms with Crippen molar-refractivity contribution >= 4 is 16.3 Å². The molecule has 6 nitrogen and oxygen atoms in total. The second kappa shape index (κ2) is 5.95. The molecule has 0 radical (unpaired) electrons. The van der Waals surface area contributed by atoms with Crippen molar-refractivity contribution < 1.29 is 22.4 Å². The highest BCUT2D eigenvalue weighted by atomic mass is 32.2. The van der Waals surface area contributed by atoms with Gasteiger partial charge in [0.05, 0.1) is 12.7 Å². The van der Waals surface area contributed by atoms with Gasteiger partial charge in [-0.1, -0.05) is 0 Å². The molecular formula is C10H15NO5S. The SMILES string of the molecule is CC(C)OCCNS(=O)(=O)c1ccc(C=O)o1. The van der Waals surface area contributed by atoms with Gasteiger partial charge in [0.25, 0.3) is 10.0 Å². The van der Waals surface area contributed by atoms with Crippen molar-refractivity contribution in [1.29, 1.82) is 0 Å². The van der Waals surface area contributed by atoms with E-state index >= 15 is 0 Å². The van der Waals surface area contributed by atoms with E-state index in [0.29, 0.717) is 6.29 Å². The summed E-state index contributed by atoms with van der Waals surface area (Å²) in [6.45, 7) is 4.14. The molecule has 0 fully saturated rings. The number of carbonyl (C=O) groups excluding carboxylic acids is 1. The molecule has 0 unspecified atom stereocenters. The Morgan fingerprint density at radius 3 is 2.71 bits per heavy atom. The van der Waals surface area contributed by atoms with Crippen LogP contribution >= 0.6 is 0 Å². The average Bonchev–Trinajstić information content (AvgIpc) is 2.73. The predicted molar refractivity (Wildman–Crippen MR) is 60.4 cm³/mol. The van der Waals surface area contributed by atoms with Crippen LogP contribution in [-0.2, 0) is 14.8 Å². The van der Waals surface area contributed by atoms with E-state index < -0.39 is 10.0 Å². The van der Waals surface area contributed by atoms with Gasteiger partial charge in [0.15, 0.2) is 12.0 Å². The van der Waals surface area contributed by atoms with Gasteiger partial charge in [-0.3, -0.25) is 4.79 Å². The zero-order valence-electron chi connectivity index (χ0n) is 9.67. The molecule has 1 aromatic rings. The molecule has 0 aromatic carbocycles. The fourth-order valence-corrected chi connectivity index (χ4v) is 2.03. The van der Waals surface area contributed by atoms with Gasteiger partial charge in [-0.05, 0) is 26.0 Å². The number of aldehydes is 1. The monoisotopic (exact) mass is 261 g/mol. The van der Waals surface area contributed by atoms with E-state index in [1.807, 2.05) is 13.8 Å². The number of rotatable bonds is 7. The molecule has 1 rings (SSSR count). The molecule has 0 saturated heterocycles. The summed E-state index contributed by atoms with van der Waals surface area (Å²) in [7, 11) is -3.70. The first-order valence-electron chi connectivity index (χ1n) is 5.12. The highest BCUT2D eigenvalue weighted by Gasteiger charge is 2.17. The van der Waals surface area contributed by atoms with Crippen LogP contribution in [0.3, 0.4) is 0 Å². The van der Waals surface area contributed by atoms with Crippen molar-refractivity contribution in [1.82, 2.24) is 4.72 Å². The number of carbonyl (C=O) groups is 1. The molecule has 96 valence electrons. The van der Waals surface area contributed by atoms with Crippen LogP contribution in [0.1, 0.15) is 24.4 Å². The molecule has 0 aliphatic rings. The molecule has 0 spiro atoms. The molecule has 0 aliphatic carbocycles. The molecular weight excluding hydrogens is 246 g/mol. The zero-order valence-corrected chi connectivity index (χ0v) is 10.5. The van der Waals surface area contributed by atoms with Crippen LogP contribution in [0.2, 0.25) is 0 Å². The van der Waals surface area contributed by atoms with Gasteiger partial charge in [0.1, 0.15) is 0 Å². The van der Waals surface area contributed by atoms with E-state index in [2.05, 4.69) is 4.72 Å². The summed E-state index contributed by atoms with van der Waals surface area (Å²) in [6, 6.07) is 2.53. The van der Waals surface area contributed by atoms with Gasteiger partial charge >= 0.3 is 0 Å². The number of hydrogen-bond acceptors (Lipinski definition) is 5. The lowest BCUT2D eigenvalue weighted by molar-refractivity contribution is 0.0833. The Hall–Kier alpha value is -1.18. The fourth-order valence-electron chi connectivity index (χ4n) is 1.08. The van der Waals surface area contributed by atoms with Crippen LogP contribution in [0.15, 0.2) is 21.6 Å². The van der Waals surface area contributed by atoms with Gasteiger partial charge in [0.2, 0.25) is 5.09 Å². The minimum absolute atomic E-state index is 0.0243. The quantitative estimate of drug-likeness (QED) is 0.579. The minimum Gasteiger partial charge on any atom is -0.440 e. The van der Waals surface area contributed by atoms with Gasteiger partial charge in [-0.15, -0.1) is 0 Å². The zero-order chi connectivity index (χ0) is 12.9. The molecule has 0 aliphatic heterocycles. The van der Waals surface area contributed by atoms with Crippen LogP contribution in [0.4, 0.5) is 0 Å². The minimum atomic E-state index is -3.70. The first kappa shape index (κ1) is 13.9. The standard InChI is InChI=1S/C10H15NO5S/c1-8(2)15-6-5-11-17(13,14)10-4-3-9(7-12)16-10/h3-4,7-8,11H,5-6H2,1-2H3. The lowest BCUT2D eigenvalue weighted by Crippen LogP contribution is -2.27. The second-order valence-corrected chi connectivity index (χ2v) is 5.29. The molecule has 7 heteroatoms. The Balaban J connectivity index is 2.54. The summed E-state index contributed by atoms with van der Waals surface area (Å²) in [5, 5.41) is -0.274. The van der Waals surface area contributed by atoms with Crippen LogP contribution in [0.25, 0.3) is 0 Å². The van der Waals surface area contributed by atoms with Crippen molar-refractivity contribution in [3.63, 3.8) is 0 Å². The van der Waals surface area contributed by atoms with Gasteiger partial charge in [-0.25, -0.2) is 13.1 Å². The molecule has 0 bridgehead atoms. The molecule has 17 heavy (non-hydrogen) atoms. The van der Waals surface area contributed by atoms with Crippen LogP contribution in [-0.4, -0.2) is 34.0 Å². The Bertz CT molecular complexity index is 463. The van der Waals surface area contributed by atoms with E-state index in [1.54, 1.807) is 0 Å². The lowest BCUT2D eigenvalue weighted by atomic mass is 10.5. The van der Waals surface area contributed by atoms with Crippen molar-refractivity contribution in [3.05, 3.63) is 17.9 Å². The highest BCUT2D eigenvalue weighted by Crippen LogP contribution is 2.11. The molecule has 1 aromatic heterocycles. The third-order valence-corrected chi connectivity index (χ3v) is 3.16. The number of ether oxygens (including phenoxy) is 1. The number of nitrogens with one attached hydrogen (secondary N) is 1. The first-order chi connectivity index (χ1) is 7.95. The van der Waals surface area contributed by atoms with Gasteiger partial charge in [0, 0.05) is 6.54 Å². The van der Waals surface area contributed by atoms with Crippen LogP contribution in [0.5, 0.6) is 0 Å². The topological polar surface area (TPSA) is 85.6 Å². The second-order valence-electron chi connectivity index (χ2n) is 3.59. The smallest absolute Gasteiger partial charge is 0.274 e. The summed E-state index contributed by atoms with van der Waals surface area (Å²) in [6.07, 6.45) is 0.491. The summed E-state index contributed by atoms with van der Waals surface area (Å²) in [5.41, 5.74) is 0. The predicted octanol–water partition coefficient (Wildman–Crippen LogP) is 0.795. The summed E-state index contributed by atoms with van der Waals surface area (Å²) in [4.78, 5) is 10.4. The Kier molecular flexibility index (Phi) is 4.86. The highest BCUT2D eigenvalue weighted by molar-refractivity contribution is 7.89. The largest absolute Gasteiger partial charge is 0.440 e. The maximum absolute atomic E-state index is 11.6. The van der Waals surface area contributed by atoms with Gasteiger partial charge in [-0.2, -0.15) is 0 Å². The van der Waals surface area contributed by atoms with Crippen molar-refractivity contribution in [3.8, 4) is 0 Å². The van der Waals surface area contributed by atoms with E-state index in [4.69, 9.17) is 9.15 Å². The van der Waals surface area contributed by atoms with Crippen molar-refractivity contribution in [2.24, 2.45) is 0 Å². The number of sulfonamides is 1. The van der Waals surface area contributed by atoms with Crippen molar-refractivity contribution in [2.75, 3.05) is 13.2 Å². The fraction of sp³-hybridized carbons (Fsp3) is 0.500. The van der Waals surface area contributed by atoms with E-state index in [1.165, 1.54) is 12.1 Å². The maximum atomic E-state index is 11.6. The molecule has 1 heterocycles. The summed E-state index contributed by atoms with van der Waals surface area (Å²) in [5.74, 6) is -0.0243. The third kappa shape index (κ3) is 4.29. The molecule has 1 N–H and O–H groups in total. The maximum Gasteiger partial charge on any atom is 0.274 e. The van der Waals surface area contributed by atoms with Gasteiger partial charge < -0.3 is 9.15 Å². The Morgan fingerprint density at radius 1 is 1.47 bits per heavy atom. The van der Waals surface area contributed by atoms with Crippen LogP contribution in [0, 0.1) is 0 Å². The Morgan fingerprint density at radius 2 is 2.18 bits per heavy atom.